The molecule has 0 saturated carbocycles. The molecule has 3 aliphatic rings. The first-order chi connectivity index (χ1) is 26.5. The number of hydrogen-bond acceptors (Lipinski definition) is 1. The first kappa shape index (κ1) is 32.6. The maximum absolute atomic E-state index is 4.44. The van der Waals surface area contributed by atoms with Crippen LogP contribution in [0.2, 0.25) is 0 Å². The summed E-state index contributed by atoms with van der Waals surface area (Å²) >= 11 is 0. The van der Waals surface area contributed by atoms with E-state index in [4.69, 9.17) is 0 Å². The van der Waals surface area contributed by atoms with E-state index in [0.29, 0.717) is 17.8 Å². The molecule has 0 radical (unpaired) electrons. The van der Waals surface area contributed by atoms with Crippen LogP contribution in [0.15, 0.2) is 181 Å². The fourth-order valence-electron chi connectivity index (χ4n) is 9.78. The van der Waals surface area contributed by atoms with Gasteiger partial charge in [-0.1, -0.05) is 153 Å². The SMILES string of the molecule is CC1(C)C2=CC=CC(C(Cc3ccc(C4=CN=CCC4)cc3)c3ccc(-c4ccc5c(c4)c4ccccc4n5-c4ccccc4)cc3)C2c2ccccc21. The molecular formula is C52H44N2. The van der Waals surface area contributed by atoms with E-state index in [-0.39, 0.29) is 5.41 Å². The van der Waals surface area contributed by atoms with Gasteiger partial charge in [-0.3, -0.25) is 4.99 Å². The Hall–Kier alpha value is -5.99. The largest absolute Gasteiger partial charge is 0.309 e. The number of hydrogen-bond donors (Lipinski definition) is 0. The lowest BCUT2D eigenvalue weighted by molar-refractivity contribution is 0.436. The van der Waals surface area contributed by atoms with E-state index in [1.54, 1.807) is 5.57 Å². The van der Waals surface area contributed by atoms with Crippen LogP contribution < -0.4 is 0 Å². The number of rotatable bonds is 7. The molecule has 1 aliphatic heterocycles. The van der Waals surface area contributed by atoms with Crippen LogP contribution in [-0.2, 0) is 11.8 Å². The average Bonchev–Trinajstić information content (AvgIpc) is 3.69. The molecular weight excluding hydrogens is 653 g/mol. The van der Waals surface area contributed by atoms with Crippen LogP contribution in [0.3, 0.4) is 0 Å². The van der Waals surface area contributed by atoms with Crippen molar-refractivity contribution in [1.82, 2.24) is 4.57 Å². The summed E-state index contributed by atoms with van der Waals surface area (Å²) in [5.74, 6) is 1.01. The summed E-state index contributed by atoms with van der Waals surface area (Å²) in [4.78, 5) is 4.44. The second kappa shape index (κ2) is 13.1. The number of allylic oxidation sites excluding steroid dienone is 5. The number of para-hydroxylation sites is 2. The van der Waals surface area contributed by atoms with Crippen molar-refractivity contribution in [3.63, 3.8) is 0 Å². The van der Waals surface area contributed by atoms with Gasteiger partial charge in [0.2, 0.25) is 0 Å². The summed E-state index contributed by atoms with van der Waals surface area (Å²) in [6.45, 7) is 4.82. The number of aromatic nitrogens is 1. The number of aliphatic imine (C=N–C) groups is 1. The normalized spacial score (nSPS) is 19.0. The molecule has 2 aliphatic carbocycles. The molecule has 2 heterocycles. The Bertz CT molecular complexity index is 2650. The zero-order chi connectivity index (χ0) is 36.2. The van der Waals surface area contributed by atoms with Gasteiger partial charge in [0.05, 0.1) is 11.0 Å². The zero-order valence-corrected chi connectivity index (χ0v) is 31.0. The van der Waals surface area contributed by atoms with E-state index in [1.165, 1.54) is 72.0 Å². The Morgan fingerprint density at radius 3 is 2.24 bits per heavy atom. The highest BCUT2D eigenvalue weighted by Gasteiger charge is 2.46. The van der Waals surface area contributed by atoms with Gasteiger partial charge >= 0.3 is 0 Å². The summed E-state index contributed by atoms with van der Waals surface area (Å²) in [5.41, 5.74) is 16.0. The Kier molecular flexibility index (Phi) is 7.95. The molecule has 2 nitrogen and oxygen atoms in total. The number of benzene rings is 6. The second-order valence-electron chi connectivity index (χ2n) is 15.8. The standard InChI is InChI=1S/C52H44N2/c1-52(2)47-18-8-6-16-44(47)51-43(17-10-19-48(51)52)45(32-35-21-23-37(24-22-35)40-12-11-31-53-34-40)38-27-25-36(26-28-38)39-29-30-50-46(33-39)42-15-7-9-20-49(42)54(50)41-13-4-3-5-14-41/h3-10,13-31,33-34,43,45,51H,11-12,32H2,1-2H3. The third-order valence-electron chi connectivity index (χ3n) is 12.5. The lowest BCUT2D eigenvalue weighted by Crippen LogP contribution is -2.25. The maximum atomic E-state index is 4.44. The third-order valence-corrected chi connectivity index (χ3v) is 12.5. The van der Waals surface area contributed by atoms with Gasteiger partial charge in [0.25, 0.3) is 0 Å². The molecule has 0 saturated heterocycles. The second-order valence-corrected chi connectivity index (χ2v) is 15.8. The van der Waals surface area contributed by atoms with Crippen LogP contribution in [-0.4, -0.2) is 10.8 Å². The molecule has 0 amide bonds. The summed E-state index contributed by atoms with van der Waals surface area (Å²) in [5, 5.41) is 2.56. The minimum absolute atomic E-state index is 0.0127. The molecule has 0 N–H and O–H groups in total. The van der Waals surface area contributed by atoms with Gasteiger partial charge in [-0.05, 0) is 106 Å². The van der Waals surface area contributed by atoms with E-state index in [2.05, 4.69) is 187 Å². The molecule has 3 unspecified atom stereocenters. The van der Waals surface area contributed by atoms with Gasteiger partial charge < -0.3 is 4.57 Å². The Balaban J connectivity index is 1.03. The van der Waals surface area contributed by atoms with Gasteiger partial charge in [-0.15, -0.1) is 0 Å². The molecule has 0 bridgehead atoms. The predicted octanol–water partition coefficient (Wildman–Crippen LogP) is 13.2. The topological polar surface area (TPSA) is 17.3 Å². The van der Waals surface area contributed by atoms with Crippen molar-refractivity contribution >= 4 is 33.6 Å². The van der Waals surface area contributed by atoms with Gasteiger partial charge in [-0.25, -0.2) is 0 Å². The van der Waals surface area contributed by atoms with Crippen LogP contribution in [0.5, 0.6) is 0 Å². The van der Waals surface area contributed by atoms with Gasteiger partial charge in [0.1, 0.15) is 0 Å². The van der Waals surface area contributed by atoms with E-state index in [1.807, 2.05) is 12.4 Å². The third kappa shape index (κ3) is 5.43. The predicted molar refractivity (Wildman–Crippen MR) is 228 cm³/mol. The van der Waals surface area contributed by atoms with Crippen LogP contribution in [0, 0.1) is 5.92 Å². The molecule has 1 aromatic heterocycles. The quantitative estimate of drug-likeness (QED) is 0.158. The summed E-state index contributed by atoms with van der Waals surface area (Å²) in [7, 11) is 0. The monoisotopic (exact) mass is 696 g/mol. The maximum Gasteiger partial charge on any atom is 0.0541 e. The smallest absolute Gasteiger partial charge is 0.0541 e. The van der Waals surface area contributed by atoms with Gasteiger partial charge in [0.15, 0.2) is 0 Å². The summed E-state index contributed by atoms with van der Waals surface area (Å²) in [6, 6.07) is 54.5. The fourth-order valence-corrected chi connectivity index (χ4v) is 9.78. The molecule has 54 heavy (non-hydrogen) atoms. The van der Waals surface area contributed by atoms with Crippen molar-refractivity contribution in [1.29, 1.82) is 0 Å². The van der Waals surface area contributed by atoms with Crippen molar-refractivity contribution in [3.05, 3.63) is 203 Å². The van der Waals surface area contributed by atoms with Crippen molar-refractivity contribution in [2.45, 2.75) is 50.4 Å². The fraction of sp³-hybridized carbons (Fsp3) is 0.173. The Labute approximate surface area is 318 Å². The summed E-state index contributed by atoms with van der Waals surface area (Å²) < 4.78 is 2.39. The summed E-state index contributed by atoms with van der Waals surface area (Å²) in [6.07, 6.45) is 14.3. The van der Waals surface area contributed by atoms with Crippen LogP contribution in [0.1, 0.15) is 66.3 Å². The van der Waals surface area contributed by atoms with E-state index < -0.39 is 0 Å². The van der Waals surface area contributed by atoms with E-state index in [0.717, 1.165) is 19.3 Å². The Morgan fingerprint density at radius 1 is 0.704 bits per heavy atom. The molecule has 10 rings (SSSR count). The van der Waals surface area contributed by atoms with Gasteiger partial charge in [-0.2, -0.15) is 0 Å². The van der Waals surface area contributed by atoms with Crippen molar-refractivity contribution in [3.8, 4) is 16.8 Å². The molecule has 3 atom stereocenters. The van der Waals surface area contributed by atoms with Crippen LogP contribution in [0.25, 0.3) is 44.2 Å². The first-order valence-corrected chi connectivity index (χ1v) is 19.5. The minimum Gasteiger partial charge on any atom is -0.309 e. The first-order valence-electron chi connectivity index (χ1n) is 19.5. The average molecular weight is 697 g/mol. The van der Waals surface area contributed by atoms with Crippen molar-refractivity contribution in [2.24, 2.45) is 10.9 Å². The molecule has 0 spiro atoms. The lowest BCUT2D eigenvalue weighted by Gasteiger charge is -2.36. The Morgan fingerprint density at radius 2 is 1.43 bits per heavy atom. The van der Waals surface area contributed by atoms with E-state index >= 15 is 0 Å². The van der Waals surface area contributed by atoms with Crippen LogP contribution in [0.4, 0.5) is 0 Å². The highest BCUT2D eigenvalue weighted by atomic mass is 15.0. The van der Waals surface area contributed by atoms with Crippen molar-refractivity contribution in [2.75, 3.05) is 0 Å². The van der Waals surface area contributed by atoms with Crippen molar-refractivity contribution < 1.29 is 0 Å². The molecule has 262 valence electrons. The van der Waals surface area contributed by atoms with Gasteiger partial charge in [0, 0.05) is 40.2 Å². The minimum atomic E-state index is 0.0127. The lowest BCUT2D eigenvalue weighted by atomic mass is 9.68. The zero-order valence-electron chi connectivity index (χ0n) is 31.0. The number of nitrogens with zero attached hydrogens (tertiary/aromatic N) is 2. The van der Waals surface area contributed by atoms with Crippen LogP contribution >= 0.6 is 0 Å². The van der Waals surface area contributed by atoms with E-state index in [9.17, 15) is 0 Å². The molecule has 7 aromatic rings. The highest BCUT2D eigenvalue weighted by Crippen LogP contribution is 2.57. The highest BCUT2D eigenvalue weighted by molar-refractivity contribution is 6.10. The molecule has 6 aromatic carbocycles. The number of fused-ring (bicyclic) bond motifs is 6. The molecule has 0 fully saturated rings. The molecule has 2 heteroatoms.